The zero-order valence-electron chi connectivity index (χ0n) is 24.8. The quantitative estimate of drug-likeness (QED) is 0.144. The lowest BCUT2D eigenvalue weighted by Crippen LogP contribution is -2.51. The number of rotatable bonds is 8. The number of carbonyl (C=O) groups is 1. The molecule has 1 aromatic rings. The van der Waals surface area contributed by atoms with Gasteiger partial charge >= 0.3 is 5.97 Å². The number of hydrogen-bond acceptors (Lipinski definition) is 4. The average molecular weight is 536 g/mol. The molecule has 1 unspecified atom stereocenters. The number of ether oxygens (including phenoxy) is 1. The molecule has 0 spiro atoms. The Morgan fingerprint density at radius 2 is 1.87 bits per heavy atom. The normalized spacial score (nSPS) is 36.4. The molecule has 0 aromatic heterocycles. The lowest BCUT2D eigenvalue weighted by atomic mass is 9.47. The zero-order valence-corrected chi connectivity index (χ0v) is 24.8. The molecular formula is C34H49NO4. The lowest BCUT2D eigenvalue weighted by molar-refractivity contribution is -0.384. The molecule has 1 aromatic carbocycles. The number of carbonyl (C=O) groups excluding carboxylic acids is 1. The minimum atomic E-state index is -0.471. The number of nitrogens with zero attached hydrogens (tertiary/aromatic N) is 1. The second-order valence-corrected chi connectivity index (χ2v) is 14.4. The van der Waals surface area contributed by atoms with Gasteiger partial charge in [-0.2, -0.15) is 0 Å². The van der Waals surface area contributed by atoms with E-state index in [-0.39, 0.29) is 22.8 Å². The van der Waals surface area contributed by atoms with Gasteiger partial charge < -0.3 is 4.74 Å². The Morgan fingerprint density at radius 3 is 2.62 bits per heavy atom. The molecule has 0 aliphatic heterocycles. The van der Waals surface area contributed by atoms with E-state index in [0.717, 1.165) is 54.8 Å². The van der Waals surface area contributed by atoms with E-state index in [4.69, 9.17) is 4.74 Å². The average Bonchev–Trinajstić information content (AvgIpc) is 3.26. The van der Waals surface area contributed by atoms with Crippen LogP contribution in [0.25, 0.3) is 0 Å². The summed E-state index contributed by atoms with van der Waals surface area (Å²) < 4.78 is 5.91. The number of fused-ring (bicyclic) bond motifs is 5. The summed E-state index contributed by atoms with van der Waals surface area (Å²) in [6.45, 7) is 12.4. The number of esters is 1. The van der Waals surface area contributed by atoms with Crippen LogP contribution in [0.1, 0.15) is 116 Å². The third kappa shape index (κ3) is 5.32. The Balaban J connectivity index is 1.25. The summed E-state index contributed by atoms with van der Waals surface area (Å²) in [5, 5.41) is 11.1. The standard InChI is InChI=1S/C34H49NO4/c1-22(2)8-6-9-23(3)29-14-15-30-28-13-12-25-21-27(16-18-33(25,4)31(28)17-19-34(29,30)5)39-32(36)24-10-7-11-26(20-24)35(37)38/h7,10-12,20,22-23,27-31H,6,8-9,13-19,21H2,1-5H3/t23-,27?,28+,29-,30+,31+,33+,34-/m1/s1. The van der Waals surface area contributed by atoms with Crippen molar-refractivity contribution >= 4 is 11.7 Å². The van der Waals surface area contributed by atoms with Crippen molar-refractivity contribution in [2.24, 2.45) is 46.3 Å². The number of allylic oxidation sites excluding steroid dienone is 1. The Kier molecular flexibility index (Phi) is 8.01. The van der Waals surface area contributed by atoms with Gasteiger partial charge in [0.2, 0.25) is 0 Å². The Labute approximate surface area is 235 Å². The molecule has 5 nitrogen and oxygen atoms in total. The molecule has 4 aliphatic rings. The van der Waals surface area contributed by atoms with E-state index in [0.29, 0.717) is 5.41 Å². The molecule has 0 N–H and O–H groups in total. The molecule has 0 saturated heterocycles. The van der Waals surface area contributed by atoms with Crippen molar-refractivity contribution in [3.8, 4) is 0 Å². The topological polar surface area (TPSA) is 69.4 Å². The van der Waals surface area contributed by atoms with Crippen LogP contribution < -0.4 is 0 Å². The first-order chi connectivity index (χ1) is 18.5. The van der Waals surface area contributed by atoms with Crippen molar-refractivity contribution < 1.29 is 14.5 Å². The lowest BCUT2D eigenvalue weighted by Gasteiger charge is -2.58. The van der Waals surface area contributed by atoms with Gasteiger partial charge in [0.25, 0.3) is 5.69 Å². The highest BCUT2D eigenvalue weighted by Crippen LogP contribution is 2.67. The van der Waals surface area contributed by atoms with E-state index in [2.05, 4.69) is 40.7 Å². The predicted octanol–water partition coefficient (Wildman–Crippen LogP) is 9.16. The van der Waals surface area contributed by atoms with Crippen LogP contribution in [0.15, 0.2) is 35.9 Å². The summed E-state index contributed by atoms with van der Waals surface area (Å²) in [6.07, 6.45) is 15.9. The molecule has 3 fully saturated rings. The molecular weight excluding hydrogens is 486 g/mol. The van der Waals surface area contributed by atoms with Crippen molar-refractivity contribution in [3.63, 3.8) is 0 Å². The third-order valence-electron chi connectivity index (χ3n) is 11.8. The molecule has 0 radical (unpaired) electrons. The highest BCUT2D eigenvalue weighted by molar-refractivity contribution is 5.90. The molecule has 3 saturated carbocycles. The Hall–Kier alpha value is -2.17. The van der Waals surface area contributed by atoms with Crippen LogP contribution in [0, 0.1) is 56.5 Å². The summed E-state index contributed by atoms with van der Waals surface area (Å²) in [7, 11) is 0. The predicted molar refractivity (Wildman–Crippen MR) is 155 cm³/mol. The van der Waals surface area contributed by atoms with Crippen molar-refractivity contribution in [2.75, 3.05) is 0 Å². The zero-order chi connectivity index (χ0) is 27.9. The smallest absolute Gasteiger partial charge is 0.338 e. The number of non-ortho nitro benzene ring substituents is 1. The number of benzene rings is 1. The first-order valence-electron chi connectivity index (χ1n) is 15.7. The van der Waals surface area contributed by atoms with Crippen LogP contribution in [-0.4, -0.2) is 17.0 Å². The maximum Gasteiger partial charge on any atom is 0.338 e. The third-order valence-corrected chi connectivity index (χ3v) is 11.8. The van der Waals surface area contributed by atoms with Gasteiger partial charge in [-0.05, 0) is 97.3 Å². The van der Waals surface area contributed by atoms with E-state index >= 15 is 0 Å². The monoisotopic (exact) mass is 535 g/mol. The molecule has 0 amide bonds. The maximum atomic E-state index is 12.8. The SMILES string of the molecule is CC(C)CCC[C@@H](C)[C@H]1CC[C@H]2[C@@H]3CC=C4CC(OC(=O)c5cccc([N+](=O)[O-])c5)CC[C@]4(C)[C@H]3CC[C@]12C. The van der Waals surface area contributed by atoms with Crippen LogP contribution in [-0.2, 0) is 4.74 Å². The van der Waals surface area contributed by atoms with Crippen LogP contribution in [0.3, 0.4) is 0 Å². The van der Waals surface area contributed by atoms with Gasteiger partial charge in [-0.3, -0.25) is 10.1 Å². The van der Waals surface area contributed by atoms with Gasteiger partial charge in [0, 0.05) is 18.6 Å². The summed E-state index contributed by atoms with van der Waals surface area (Å²) in [4.78, 5) is 23.5. The van der Waals surface area contributed by atoms with E-state index in [1.165, 1.54) is 69.1 Å². The van der Waals surface area contributed by atoms with Crippen LogP contribution in [0.4, 0.5) is 5.69 Å². The molecule has 0 heterocycles. The van der Waals surface area contributed by atoms with Gasteiger partial charge in [-0.1, -0.05) is 71.6 Å². The summed E-state index contributed by atoms with van der Waals surface area (Å²) in [5.74, 6) is 4.42. The van der Waals surface area contributed by atoms with Crippen molar-refractivity contribution in [1.29, 1.82) is 0 Å². The van der Waals surface area contributed by atoms with Crippen LogP contribution in [0.2, 0.25) is 0 Å². The van der Waals surface area contributed by atoms with Crippen molar-refractivity contribution in [2.45, 2.75) is 111 Å². The highest BCUT2D eigenvalue weighted by Gasteiger charge is 2.59. The summed E-state index contributed by atoms with van der Waals surface area (Å²) in [5.41, 5.74) is 2.37. The first-order valence-corrected chi connectivity index (χ1v) is 15.7. The van der Waals surface area contributed by atoms with E-state index in [1.807, 2.05) is 0 Å². The van der Waals surface area contributed by atoms with Gasteiger partial charge in [-0.15, -0.1) is 0 Å². The van der Waals surface area contributed by atoms with E-state index in [1.54, 1.807) is 12.1 Å². The number of nitro groups is 1. The van der Waals surface area contributed by atoms with Gasteiger partial charge in [0.15, 0.2) is 0 Å². The van der Waals surface area contributed by atoms with Gasteiger partial charge in [-0.25, -0.2) is 4.79 Å². The number of hydrogen-bond donors (Lipinski definition) is 0. The molecule has 4 aliphatic carbocycles. The van der Waals surface area contributed by atoms with Crippen molar-refractivity contribution in [1.82, 2.24) is 0 Å². The first kappa shape index (κ1) is 28.4. The fraction of sp³-hybridized carbons (Fsp3) is 0.735. The van der Waals surface area contributed by atoms with E-state index in [9.17, 15) is 14.9 Å². The van der Waals surface area contributed by atoms with Gasteiger partial charge in [0.1, 0.15) is 6.10 Å². The van der Waals surface area contributed by atoms with Crippen LogP contribution >= 0.6 is 0 Å². The molecule has 5 rings (SSSR count). The fourth-order valence-corrected chi connectivity index (χ4v) is 9.72. The maximum absolute atomic E-state index is 12.8. The fourth-order valence-electron chi connectivity index (χ4n) is 9.72. The summed E-state index contributed by atoms with van der Waals surface area (Å²) >= 11 is 0. The largest absolute Gasteiger partial charge is 0.458 e. The Morgan fingerprint density at radius 1 is 1.08 bits per heavy atom. The minimum absolute atomic E-state index is 0.0786. The Bertz CT molecular complexity index is 1110. The molecule has 214 valence electrons. The highest BCUT2D eigenvalue weighted by atomic mass is 16.6. The molecule has 39 heavy (non-hydrogen) atoms. The molecule has 5 heteroatoms. The van der Waals surface area contributed by atoms with E-state index < -0.39 is 10.9 Å². The molecule has 0 bridgehead atoms. The molecule has 8 atom stereocenters. The summed E-state index contributed by atoms with van der Waals surface area (Å²) in [6, 6.07) is 5.87. The minimum Gasteiger partial charge on any atom is -0.458 e. The van der Waals surface area contributed by atoms with Crippen LogP contribution in [0.5, 0.6) is 0 Å². The second kappa shape index (κ2) is 11.0. The van der Waals surface area contributed by atoms with Crippen molar-refractivity contribution in [3.05, 3.63) is 51.6 Å². The second-order valence-electron chi connectivity index (χ2n) is 14.4. The number of nitro benzene ring substituents is 1. The van der Waals surface area contributed by atoms with Gasteiger partial charge in [0.05, 0.1) is 10.5 Å².